The number of nitro groups is 1. The SMILES string of the molecule is NCCCc1c([N+](=O)[O-])cc(C(F)(F)F)c2c1sc(=S)[s+]2[O-]. The molecule has 0 bridgehead atoms. The number of hydrogen-bond acceptors (Lipinski definition) is 6. The molecule has 1 aromatic heterocycles. The van der Waals surface area contributed by atoms with E-state index in [4.69, 9.17) is 18.0 Å². The summed E-state index contributed by atoms with van der Waals surface area (Å²) in [6.07, 6.45) is -4.36. The Bertz CT molecular complexity index is 798. The highest BCUT2D eigenvalue weighted by Crippen LogP contribution is 2.48. The first-order chi connectivity index (χ1) is 10.2. The molecule has 0 saturated heterocycles. The van der Waals surface area contributed by atoms with Gasteiger partial charge in [-0.25, -0.2) is 0 Å². The van der Waals surface area contributed by atoms with E-state index in [-0.39, 0.29) is 26.4 Å². The van der Waals surface area contributed by atoms with Crippen LogP contribution in [-0.4, -0.2) is 16.0 Å². The molecule has 1 heterocycles. The lowest BCUT2D eigenvalue weighted by Crippen LogP contribution is -2.09. The van der Waals surface area contributed by atoms with E-state index in [2.05, 4.69) is 0 Å². The van der Waals surface area contributed by atoms with E-state index in [1.807, 2.05) is 0 Å². The van der Waals surface area contributed by atoms with Crippen LogP contribution in [0.3, 0.4) is 0 Å². The summed E-state index contributed by atoms with van der Waals surface area (Å²) in [7, 11) is -2.12. The predicted molar refractivity (Wildman–Crippen MR) is 80.3 cm³/mol. The molecule has 22 heavy (non-hydrogen) atoms. The number of aryl methyl sites for hydroxylation is 1. The Morgan fingerprint density at radius 3 is 2.59 bits per heavy atom. The van der Waals surface area contributed by atoms with Gasteiger partial charge in [-0.1, -0.05) is 0 Å². The second-order valence-electron chi connectivity index (χ2n) is 4.35. The van der Waals surface area contributed by atoms with Crippen molar-refractivity contribution >= 4 is 49.4 Å². The van der Waals surface area contributed by atoms with E-state index < -0.39 is 37.8 Å². The summed E-state index contributed by atoms with van der Waals surface area (Å²) in [6.45, 7) is 0.227. The van der Waals surface area contributed by atoms with Crippen molar-refractivity contribution in [2.45, 2.75) is 19.0 Å². The zero-order valence-electron chi connectivity index (χ0n) is 10.8. The number of hydrogen-bond donors (Lipinski definition) is 1. The number of rotatable bonds is 4. The van der Waals surface area contributed by atoms with Gasteiger partial charge in [0.15, 0.2) is 4.70 Å². The minimum atomic E-state index is -4.85. The molecular formula is C11H9F3N2O3S3. The van der Waals surface area contributed by atoms with E-state index in [9.17, 15) is 27.8 Å². The molecular weight excluding hydrogens is 361 g/mol. The summed E-state index contributed by atoms with van der Waals surface area (Å²) in [5, 5.41) is 11.1. The van der Waals surface area contributed by atoms with Crippen molar-refractivity contribution in [2.75, 3.05) is 6.54 Å². The molecule has 0 aliphatic carbocycles. The van der Waals surface area contributed by atoms with E-state index in [1.165, 1.54) is 0 Å². The molecule has 0 radical (unpaired) electrons. The van der Waals surface area contributed by atoms with Crippen molar-refractivity contribution in [2.24, 2.45) is 5.73 Å². The number of alkyl halides is 3. The minimum absolute atomic E-state index is 0.0155. The molecule has 1 unspecified atom stereocenters. The zero-order chi connectivity index (χ0) is 16.7. The number of fused-ring (bicyclic) bond motifs is 1. The molecule has 1 aromatic carbocycles. The molecule has 2 aromatic rings. The number of nitrogens with zero attached hydrogens (tertiary/aromatic N) is 1. The van der Waals surface area contributed by atoms with Crippen molar-refractivity contribution in [1.29, 1.82) is 0 Å². The first kappa shape index (κ1) is 17.2. The molecule has 120 valence electrons. The van der Waals surface area contributed by atoms with Gasteiger partial charge in [-0.15, -0.1) is 10.8 Å². The van der Waals surface area contributed by atoms with Gasteiger partial charge in [0.25, 0.3) is 5.69 Å². The molecule has 0 amide bonds. The fourth-order valence-electron chi connectivity index (χ4n) is 2.06. The standard InChI is InChI=1S/C11H9F3N2O3S3/c12-11(13,14)6-4-7(16(17)18)5(2-1-3-15)8-9(6)22(19)10(20)21-8/h4H,1-3,15H2. The maximum absolute atomic E-state index is 13.1. The van der Waals surface area contributed by atoms with Gasteiger partial charge >= 0.3 is 9.31 Å². The van der Waals surface area contributed by atoms with Crippen LogP contribution in [0.2, 0.25) is 0 Å². The van der Waals surface area contributed by atoms with Crippen molar-refractivity contribution in [3.05, 3.63) is 30.4 Å². The fourth-order valence-corrected chi connectivity index (χ4v) is 5.24. The molecule has 2 N–H and O–H groups in total. The highest BCUT2D eigenvalue weighted by molar-refractivity contribution is 7.78. The lowest BCUT2D eigenvalue weighted by molar-refractivity contribution is -0.385. The third kappa shape index (κ3) is 2.99. The number of benzene rings is 1. The number of nitro benzene ring substituents is 1. The fraction of sp³-hybridized carbons (Fsp3) is 0.364. The smallest absolute Gasteiger partial charge is 0.419 e. The van der Waals surface area contributed by atoms with Crippen molar-refractivity contribution < 1.29 is 22.6 Å². The Hall–Kier alpha value is -1.14. The second-order valence-corrected chi connectivity index (χ2v) is 7.91. The molecule has 0 spiro atoms. The van der Waals surface area contributed by atoms with Crippen molar-refractivity contribution in [3.63, 3.8) is 0 Å². The lowest BCUT2D eigenvalue weighted by atomic mass is 10.0. The Labute approximate surface area is 134 Å². The molecule has 0 aliphatic rings. The molecule has 0 saturated carbocycles. The van der Waals surface area contributed by atoms with Gasteiger partial charge in [0.05, 0.1) is 10.5 Å². The molecule has 1 atom stereocenters. The van der Waals surface area contributed by atoms with Crippen LogP contribution in [-0.2, 0) is 12.6 Å². The zero-order valence-corrected chi connectivity index (χ0v) is 13.3. The van der Waals surface area contributed by atoms with E-state index in [1.54, 1.807) is 0 Å². The van der Waals surface area contributed by atoms with E-state index in [0.717, 1.165) is 11.3 Å². The van der Waals surface area contributed by atoms with Crippen molar-refractivity contribution in [3.8, 4) is 0 Å². The summed E-state index contributed by atoms with van der Waals surface area (Å²) in [5.41, 5.74) is 3.56. The van der Waals surface area contributed by atoms with Crippen molar-refractivity contribution in [1.82, 2.24) is 0 Å². The van der Waals surface area contributed by atoms with Gasteiger partial charge in [-0.05, 0) is 31.6 Å². The van der Waals surface area contributed by atoms with Gasteiger partial charge in [0, 0.05) is 6.07 Å². The topological polar surface area (TPSA) is 92.2 Å². The highest BCUT2D eigenvalue weighted by atomic mass is 32.2. The predicted octanol–water partition coefficient (Wildman–Crippen LogP) is 4.18. The van der Waals surface area contributed by atoms with Gasteiger partial charge < -0.3 is 10.3 Å². The van der Waals surface area contributed by atoms with Crippen LogP contribution in [0.15, 0.2) is 6.07 Å². The van der Waals surface area contributed by atoms with Crippen LogP contribution in [0.1, 0.15) is 17.5 Å². The Kier molecular flexibility index (Phi) is 4.82. The quantitative estimate of drug-likeness (QED) is 0.377. The summed E-state index contributed by atoms with van der Waals surface area (Å²) >= 11 is 5.54. The monoisotopic (exact) mass is 370 g/mol. The Morgan fingerprint density at radius 2 is 2.09 bits per heavy atom. The largest absolute Gasteiger partial charge is 0.687 e. The van der Waals surface area contributed by atoms with E-state index >= 15 is 0 Å². The molecule has 0 aliphatic heterocycles. The third-order valence-corrected chi connectivity index (χ3v) is 6.43. The normalized spacial score (nSPS) is 12.9. The van der Waals surface area contributed by atoms with Gasteiger partial charge in [-0.3, -0.25) is 10.1 Å². The van der Waals surface area contributed by atoms with Gasteiger partial charge in [0.1, 0.15) is 21.6 Å². The maximum atomic E-state index is 13.1. The summed E-state index contributed by atoms with van der Waals surface area (Å²) in [6, 6.07) is 0.442. The molecule has 11 heteroatoms. The number of nitrogens with two attached hydrogens (primary N) is 1. The maximum Gasteiger partial charge on any atom is 0.419 e. The molecule has 5 nitrogen and oxygen atoms in total. The van der Waals surface area contributed by atoms with Crippen LogP contribution in [0.25, 0.3) is 9.40 Å². The van der Waals surface area contributed by atoms with Crippen LogP contribution < -0.4 is 5.73 Å². The van der Waals surface area contributed by atoms with Gasteiger partial charge in [0.2, 0.25) is 0 Å². The first-order valence-corrected chi connectivity index (χ1v) is 8.31. The average molecular weight is 370 g/mol. The molecule has 2 rings (SSSR count). The second kappa shape index (κ2) is 6.16. The van der Waals surface area contributed by atoms with Crippen LogP contribution >= 0.6 is 34.3 Å². The summed E-state index contributed by atoms with van der Waals surface area (Å²) in [4.78, 5) is 10.2. The van der Waals surface area contributed by atoms with Crippen LogP contribution in [0.4, 0.5) is 18.9 Å². The Balaban J connectivity index is 2.93. The summed E-state index contributed by atoms with van der Waals surface area (Å²) in [5.74, 6) is 0. The molecule has 0 fully saturated rings. The first-order valence-electron chi connectivity index (χ1n) is 5.93. The van der Waals surface area contributed by atoms with Gasteiger partial charge in [-0.2, -0.15) is 13.2 Å². The Morgan fingerprint density at radius 1 is 1.45 bits per heavy atom. The van der Waals surface area contributed by atoms with Crippen LogP contribution in [0, 0.1) is 13.3 Å². The summed E-state index contributed by atoms with van der Waals surface area (Å²) < 4.78 is 50.8. The van der Waals surface area contributed by atoms with E-state index in [0.29, 0.717) is 12.5 Å². The third-order valence-electron chi connectivity index (χ3n) is 2.97. The minimum Gasteiger partial charge on any atom is -0.687 e. The average Bonchev–Trinajstić information content (AvgIpc) is 2.70. The number of halogens is 3. The lowest BCUT2D eigenvalue weighted by Gasteiger charge is -2.10. The van der Waals surface area contributed by atoms with Crippen LogP contribution in [0.5, 0.6) is 0 Å². The highest BCUT2D eigenvalue weighted by Gasteiger charge is 2.40.